The van der Waals surface area contributed by atoms with E-state index in [1.54, 1.807) is 24.0 Å². The van der Waals surface area contributed by atoms with Crippen molar-refractivity contribution in [3.8, 4) is 0 Å². The van der Waals surface area contributed by atoms with Gasteiger partial charge in [0, 0.05) is 18.8 Å². The highest BCUT2D eigenvalue weighted by molar-refractivity contribution is 7.89. The van der Waals surface area contributed by atoms with Crippen molar-refractivity contribution in [1.82, 2.24) is 9.62 Å². The molecular formula is C13H19N3O3S. The Labute approximate surface area is 119 Å². The topological polar surface area (TPSA) is 92.5 Å². The van der Waals surface area contributed by atoms with Crippen LogP contribution in [0.1, 0.15) is 18.4 Å². The molecule has 7 heteroatoms. The summed E-state index contributed by atoms with van der Waals surface area (Å²) in [6.07, 6.45) is 1.96. The van der Waals surface area contributed by atoms with Crippen LogP contribution in [0.25, 0.3) is 0 Å². The van der Waals surface area contributed by atoms with Crippen molar-refractivity contribution in [3.63, 3.8) is 0 Å². The van der Waals surface area contributed by atoms with Crippen LogP contribution < -0.4 is 10.5 Å². The van der Waals surface area contributed by atoms with Gasteiger partial charge in [-0.2, -0.15) is 0 Å². The second kappa shape index (κ2) is 5.80. The third-order valence-corrected chi connectivity index (χ3v) is 5.03. The number of benzene rings is 1. The third-order valence-electron chi connectivity index (χ3n) is 3.49. The van der Waals surface area contributed by atoms with Crippen LogP contribution in [0.2, 0.25) is 0 Å². The lowest BCUT2D eigenvalue weighted by Gasteiger charge is -2.16. The van der Waals surface area contributed by atoms with Gasteiger partial charge in [-0.05, 0) is 37.5 Å². The highest BCUT2D eigenvalue weighted by atomic mass is 32.2. The van der Waals surface area contributed by atoms with Crippen LogP contribution in [0.3, 0.4) is 0 Å². The number of likely N-dealkylation sites (tertiary alicyclic amines) is 1. The molecule has 1 saturated heterocycles. The van der Waals surface area contributed by atoms with Gasteiger partial charge < -0.3 is 10.6 Å². The Morgan fingerprint density at radius 3 is 2.65 bits per heavy atom. The maximum Gasteiger partial charge on any atom is 0.241 e. The number of hydrogen-bond acceptors (Lipinski definition) is 4. The van der Waals surface area contributed by atoms with Crippen molar-refractivity contribution in [2.24, 2.45) is 0 Å². The number of nitrogens with zero attached hydrogens (tertiary/aromatic N) is 1. The average Bonchev–Trinajstić information content (AvgIpc) is 2.93. The fourth-order valence-electron chi connectivity index (χ4n) is 2.24. The minimum atomic E-state index is -3.72. The van der Waals surface area contributed by atoms with Crippen molar-refractivity contribution in [3.05, 3.63) is 23.8 Å². The fraction of sp³-hybridized carbons (Fsp3) is 0.462. The maximum absolute atomic E-state index is 12.2. The summed E-state index contributed by atoms with van der Waals surface area (Å²) in [6, 6.07) is 4.71. The first-order valence-corrected chi connectivity index (χ1v) is 8.02. The average molecular weight is 297 g/mol. The zero-order chi connectivity index (χ0) is 14.8. The van der Waals surface area contributed by atoms with E-state index < -0.39 is 10.0 Å². The van der Waals surface area contributed by atoms with Gasteiger partial charge >= 0.3 is 0 Å². The molecule has 1 fully saturated rings. The van der Waals surface area contributed by atoms with Crippen LogP contribution in [0.5, 0.6) is 0 Å². The van der Waals surface area contributed by atoms with Gasteiger partial charge in [0.2, 0.25) is 15.9 Å². The minimum absolute atomic E-state index is 0.117. The van der Waals surface area contributed by atoms with Gasteiger partial charge in [-0.3, -0.25) is 4.79 Å². The smallest absolute Gasteiger partial charge is 0.241 e. The van der Waals surface area contributed by atoms with Gasteiger partial charge in [-0.1, -0.05) is 6.07 Å². The predicted molar refractivity (Wildman–Crippen MR) is 76.6 cm³/mol. The van der Waals surface area contributed by atoms with Crippen molar-refractivity contribution in [2.75, 3.05) is 25.4 Å². The molecular weight excluding hydrogens is 278 g/mol. The SMILES string of the molecule is Cc1c(N)cccc1S(=O)(=O)NCC(=O)N1CCCC1. The molecule has 0 atom stereocenters. The molecule has 0 unspecified atom stereocenters. The van der Waals surface area contributed by atoms with Crippen molar-refractivity contribution >= 4 is 21.6 Å². The van der Waals surface area contributed by atoms with E-state index in [2.05, 4.69) is 4.72 Å². The Morgan fingerprint density at radius 2 is 2.00 bits per heavy atom. The molecule has 6 nitrogen and oxygen atoms in total. The number of sulfonamides is 1. The summed E-state index contributed by atoms with van der Waals surface area (Å²) in [4.78, 5) is 13.6. The van der Waals surface area contributed by atoms with Crippen LogP contribution >= 0.6 is 0 Å². The zero-order valence-electron chi connectivity index (χ0n) is 11.4. The summed E-state index contributed by atoms with van der Waals surface area (Å²) in [6.45, 7) is 2.85. The number of nitrogens with one attached hydrogen (secondary N) is 1. The largest absolute Gasteiger partial charge is 0.398 e. The molecule has 0 bridgehead atoms. The van der Waals surface area contributed by atoms with E-state index in [-0.39, 0.29) is 17.3 Å². The Bertz CT molecular complexity index is 607. The summed E-state index contributed by atoms with van der Waals surface area (Å²) in [5.41, 5.74) is 6.62. The quantitative estimate of drug-likeness (QED) is 0.791. The number of rotatable bonds is 4. The number of nitrogens with two attached hydrogens (primary N) is 1. The molecule has 20 heavy (non-hydrogen) atoms. The Kier molecular flexibility index (Phi) is 4.29. The van der Waals surface area contributed by atoms with Crippen LogP contribution in [0, 0.1) is 6.92 Å². The molecule has 0 aromatic heterocycles. The Morgan fingerprint density at radius 1 is 1.35 bits per heavy atom. The first kappa shape index (κ1) is 14.8. The highest BCUT2D eigenvalue weighted by Gasteiger charge is 2.22. The standard InChI is InChI=1S/C13H19N3O3S/c1-10-11(14)5-4-6-12(10)20(18,19)15-9-13(17)16-7-2-3-8-16/h4-6,15H,2-3,7-9,14H2,1H3. The van der Waals surface area contributed by atoms with E-state index in [1.165, 1.54) is 6.07 Å². The molecule has 0 saturated carbocycles. The van der Waals surface area contributed by atoms with Crippen molar-refractivity contribution in [2.45, 2.75) is 24.7 Å². The van der Waals surface area contributed by atoms with Gasteiger partial charge in [0.05, 0.1) is 11.4 Å². The van der Waals surface area contributed by atoms with Crippen LogP contribution in [0.4, 0.5) is 5.69 Å². The van der Waals surface area contributed by atoms with Gasteiger partial charge in [0.15, 0.2) is 0 Å². The maximum atomic E-state index is 12.2. The molecule has 0 aliphatic carbocycles. The number of carbonyl (C=O) groups is 1. The number of carbonyl (C=O) groups excluding carboxylic acids is 1. The normalized spacial score (nSPS) is 15.6. The Balaban J connectivity index is 2.07. The number of hydrogen-bond donors (Lipinski definition) is 2. The third kappa shape index (κ3) is 3.10. The summed E-state index contributed by atoms with van der Waals surface area (Å²) >= 11 is 0. The van der Waals surface area contributed by atoms with E-state index in [9.17, 15) is 13.2 Å². The first-order valence-electron chi connectivity index (χ1n) is 6.54. The first-order chi connectivity index (χ1) is 9.42. The molecule has 1 aliphatic heterocycles. The highest BCUT2D eigenvalue weighted by Crippen LogP contribution is 2.20. The van der Waals surface area contributed by atoms with Gasteiger partial charge in [-0.15, -0.1) is 0 Å². The molecule has 0 spiro atoms. The number of anilines is 1. The number of nitrogen functional groups attached to an aromatic ring is 1. The summed E-state index contributed by atoms with van der Waals surface area (Å²) in [5.74, 6) is -0.187. The lowest BCUT2D eigenvalue weighted by Crippen LogP contribution is -2.38. The van der Waals surface area contributed by atoms with Crippen LogP contribution in [-0.4, -0.2) is 38.9 Å². The molecule has 1 aliphatic rings. The minimum Gasteiger partial charge on any atom is -0.398 e. The summed E-state index contributed by atoms with van der Waals surface area (Å²) < 4.78 is 26.7. The second-order valence-electron chi connectivity index (χ2n) is 4.88. The molecule has 3 N–H and O–H groups in total. The van der Waals surface area contributed by atoms with E-state index in [4.69, 9.17) is 5.73 Å². The van der Waals surface area contributed by atoms with Gasteiger partial charge in [0.25, 0.3) is 0 Å². The van der Waals surface area contributed by atoms with Crippen LogP contribution in [-0.2, 0) is 14.8 Å². The van der Waals surface area contributed by atoms with Crippen molar-refractivity contribution < 1.29 is 13.2 Å². The molecule has 1 aromatic carbocycles. The van der Waals surface area contributed by atoms with E-state index in [0.717, 1.165) is 12.8 Å². The fourth-order valence-corrected chi connectivity index (χ4v) is 3.48. The van der Waals surface area contributed by atoms with E-state index >= 15 is 0 Å². The summed E-state index contributed by atoms with van der Waals surface area (Å²) in [5, 5.41) is 0. The van der Waals surface area contributed by atoms with E-state index in [1.807, 2.05) is 0 Å². The molecule has 1 aromatic rings. The number of amides is 1. The predicted octanol–water partition coefficient (Wildman–Crippen LogP) is 0.478. The monoisotopic (exact) mass is 297 g/mol. The van der Waals surface area contributed by atoms with Crippen molar-refractivity contribution in [1.29, 1.82) is 0 Å². The van der Waals surface area contributed by atoms with E-state index in [0.29, 0.717) is 24.3 Å². The van der Waals surface area contributed by atoms with Gasteiger partial charge in [0.1, 0.15) is 0 Å². The Hall–Kier alpha value is -1.60. The molecule has 110 valence electrons. The molecule has 2 rings (SSSR count). The zero-order valence-corrected chi connectivity index (χ0v) is 12.2. The lowest BCUT2D eigenvalue weighted by atomic mass is 10.2. The second-order valence-corrected chi connectivity index (χ2v) is 6.62. The molecule has 0 radical (unpaired) electrons. The van der Waals surface area contributed by atoms with Gasteiger partial charge in [-0.25, -0.2) is 13.1 Å². The summed E-state index contributed by atoms with van der Waals surface area (Å²) in [7, 11) is -3.72. The lowest BCUT2D eigenvalue weighted by molar-refractivity contribution is -0.128. The molecule has 1 amide bonds. The molecule has 1 heterocycles. The van der Waals surface area contributed by atoms with Crippen LogP contribution in [0.15, 0.2) is 23.1 Å².